The standard InChI is InChI=1S/C16H17N3O7/c1-9-13(16(21)26-8-7-20)14(15(19(24)25)10(2)17-9)11-5-3-4-6-12(11)18(22)23/h3-6,14,17,20H,7-8H2,1-2H3. The van der Waals surface area contributed by atoms with Crippen LogP contribution in [-0.4, -0.2) is 34.1 Å². The number of dihydropyridines is 1. The number of rotatable bonds is 6. The van der Waals surface area contributed by atoms with Crippen molar-refractivity contribution >= 4 is 11.7 Å². The first-order valence-corrected chi connectivity index (χ1v) is 7.63. The minimum absolute atomic E-state index is 0.0142. The van der Waals surface area contributed by atoms with E-state index in [1.54, 1.807) is 0 Å². The quantitative estimate of drug-likeness (QED) is 0.440. The van der Waals surface area contributed by atoms with E-state index in [2.05, 4.69) is 5.32 Å². The predicted octanol–water partition coefficient (Wildman–Crippen LogP) is 1.60. The average molecular weight is 363 g/mol. The van der Waals surface area contributed by atoms with Crippen LogP contribution < -0.4 is 5.32 Å². The van der Waals surface area contributed by atoms with Crippen LogP contribution in [-0.2, 0) is 9.53 Å². The van der Waals surface area contributed by atoms with Gasteiger partial charge in [0.2, 0.25) is 0 Å². The van der Waals surface area contributed by atoms with Gasteiger partial charge >= 0.3 is 5.97 Å². The molecule has 10 heteroatoms. The summed E-state index contributed by atoms with van der Waals surface area (Å²) in [6, 6.07) is 5.53. The lowest BCUT2D eigenvalue weighted by Gasteiger charge is -2.26. The second-order valence-corrected chi connectivity index (χ2v) is 5.54. The van der Waals surface area contributed by atoms with Crippen molar-refractivity contribution in [2.75, 3.05) is 13.2 Å². The lowest BCUT2D eigenvalue weighted by Crippen LogP contribution is -2.32. The second kappa shape index (κ2) is 7.74. The Labute approximate surface area is 148 Å². The van der Waals surface area contributed by atoms with Gasteiger partial charge in [0.05, 0.1) is 27.7 Å². The summed E-state index contributed by atoms with van der Waals surface area (Å²) in [4.78, 5) is 34.2. The van der Waals surface area contributed by atoms with Crippen LogP contribution in [0.2, 0.25) is 0 Å². The van der Waals surface area contributed by atoms with Crippen LogP contribution in [0.5, 0.6) is 0 Å². The van der Waals surface area contributed by atoms with E-state index < -0.39 is 28.3 Å². The van der Waals surface area contributed by atoms with Crippen LogP contribution in [0.4, 0.5) is 5.69 Å². The molecule has 138 valence electrons. The third-order valence-electron chi connectivity index (χ3n) is 3.91. The Kier molecular flexibility index (Phi) is 5.68. The number of esters is 1. The molecule has 1 heterocycles. The highest BCUT2D eigenvalue weighted by molar-refractivity contribution is 5.92. The second-order valence-electron chi connectivity index (χ2n) is 5.54. The number of allylic oxidation sites excluding steroid dienone is 3. The Bertz CT molecular complexity index is 829. The zero-order valence-electron chi connectivity index (χ0n) is 14.1. The molecule has 1 aromatic carbocycles. The van der Waals surface area contributed by atoms with Crippen LogP contribution in [0.1, 0.15) is 25.3 Å². The first-order chi connectivity index (χ1) is 12.3. The van der Waals surface area contributed by atoms with Crippen LogP contribution in [0, 0.1) is 20.2 Å². The number of carbonyl (C=O) groups excluding carboxylic acids is 1. The van der Waals surface area contributed by atoms with Gasteiger partial charge in [0.1, 0.15) is 12.5 Å². The lowest BCUT2D eigenvalue weighted by atomic mass is 9.83. The van der Waals surface area contributed by atoms with Crippen LogP contribution in [0.15, 0.2) is 46.9 Å². The van der Waals surface area contributed by atoms with Crippen molar-refractivity contribution in [2.24, 2.45) is 0 Å². The third kappa shape index (κ3) is 3.54. The number of benzene rings is 1. The van der Waals surface area contributed by atoms with Gasteiger partial charge in [0.25, 0.3) is 11.4 Å². The van der Waals surface area contributed by atoms with Crippen molar-refractivity contribution in [3.63, 3.8) is 0 Å². The average Bonchev–Trinajstić information content (AvgIpc) is 2.58. The van der Waals surface area contributed by atoms with Crippen LogP contribution in [0.25, 0.3) is 0 Å². The minimum Gasteiger partial charge on any atom is -0.460 e. The molecule has 0 radical (unpaired) electrons. The molecule has 0 saturated heterocycles. The number of nitro benzene ring substituents is 1. The van der Waals surface area contributed by atoms with Crippen molar-refractivity contribution in [1.29, 1.82) is 0 Å². The molecule has 1 atom stereocenters. The predicted molar refractivity (Wildman–Crippen MR) is 89.4 cm³/mol. The van der Waals surface area contributed by atoms with Crippen LogP contribution >= 0.6 is 0 Å². The molecule has 0 spiro atoms. The van der Waals surface area contributed by atoms with Gasteiger partial charge in [-0.15, -0.1) is 0 Å². The number of hydrogen-bond donors (Lipinski definition) is 2. The molecule has 0 fully saturated rings. The van der Waals surface area contributed by atoms with Gasteiger partial charge in [-0.1, -0.05) is 18.2 Å². The van der Waals surface area contributed by atoms with Gasteiger partial charge in [-0.3, -0.25) is 20.2 Å². The SMILES string of the molecule is CC1=C(C(=O)OCCO)C(c2ccccc2[N+](=O)[O-])C([N+](=O)[O-])=C(C)N1. The fourth-order valence-electron chi connectivity index (χ4n) is 2.91. The molecule has 0 aromatic heterocycles. The maximum Gasteiger partial charge on any atom is 0.337 e. The molecular formula is C16H17N3O7. The zero-order valence-corrected chi connectivity index (χ0v) is 14.1. The highest BCUT2D eigenvalue weighted by Gasteiger charge is 2.43. The number of nitro groups is 2. The third-order valence-corrected chi connectivity index (χ3v) is 3.91. The number of nitrogens with one attached hydrogen (secondary N) is 1. The van der Waals surface area contributed by atoms with Crippen molar-refractivity contribution in [3.8, 4) is 0 Å². The number of ether oxygens (including phenoxy) is 1. The molecule has 10 nitrogen and oxygen atoms in total. The molecule has 1 aliphatic rings. The van der Waals surface area contributed by atoms with Gasteiger partial charge in [-0.25, -0.2) is 4.79 Å². The van der Waals surface area contributed by atoms with Crippen molar-refractivity contribution in [2.45, 2.75) is 19.8 Å². The van der Waals surface area contributed by atoms with E-state index in [1.807, 2.05) is 0 Å². The number of nitrogens with zero attached hydrogens (tertiary/aromatic N) is 2. The molecule has 1 aromatic rings. The lowest BCUT2D eigenvalue weighted by molar-refractivity contribution is -0.431. The highest BCUT2D eigenvalue weighted by Crippen LogP contribution is 2.42. The number of aliphatic hydroxyl groups excluding tert-OH is 1. The molecule has 0 saturated carbocycles. The molecule has 1 unspecified atom stereocenters. The Hall–Kier alpha value is -3.27. The maximum atomic E-state index is 12.5. The summed E-state index contributed by atoms with van der Waals surface area (Å²) in [5.74, 6) is -2.17. The van der Waals surface area contributed by atoms with E-state index in [0.29, 0.717) is 5.70 Å². The van der Waals surface area contributed by atoms with Gasteiger partial charge in [0.15, 0.2) is 0 Å². The fraction of sp³-hybridized carbons (Fsp3) is 0.312. The fourth-order valence-corrected chi connectivity index (χ4v) is 2.91. The van der Waals surface area contributed by atoms with E-state index in [0.717, 1.165) is 0 Å². The Balaban J connectivity index is 2.71. The molecule has 26 heavy (non-hydrogen) atoms. The summed E-state index contributed by atoms with van der Waals surface area (Å²) >= 11 is 0. The van der Waals surface area contributed by atoms with Gasteiger partial charge < -0.3 is 15.2 Å². The zero-order chi connectivity index (χ0) is 19.4. The normalized spacial score (nSPS) is 17.0. The van der Waals surface area contributed by atoms with Crippen molar-refractivity contribution in [1.82, 2.24) is 5.32 Å². The number of carbonyl (C=O) groups is 1. The minimum atomic E-state index is -1.28. The number of aliphatic hydroxyl groups is 1. The Morgan fingerprint density at radius 3 is 2.42 bits per heavy atom. The number of para-hydroxylation sites is 1. The topological polar surface area (TPSA) is 145 Å². The summed E-state index contributed by atoms with van der Waals surface area (Å²) in [7, 11) is 0. The van der Waals surface area contributed by atoms with E-state index in [9.17, 15) is 25.0 Å². The molecule has 0 aliphatic carbocycles. The highest BCUT2D eigenvalue weighted by atomic mass is 16.6. The smallest absolute Gasteiger partial charge is 0.337 e. The Morgan fingerprint density at radius 2 is 1.85 bits per heavy atom. The largest absolute Gasteiger partial charge is 0.460 e. The van der Waals surface area contributed by atoms with Crippen molar-refractivity contribution < 1.29 is 24.5 Å². The van der Waals surface area contributed by atoms with Crippen molar-refractivity contribution in [3.05, 3.63) is 72.7 Å². The van der Waals surface area contributed by atoms with E-state index >= 15 is 0 Å². The first kappa shape index (κ1) is 19.1. The summed E-state index contributed by atoms with van der Waals surface area (Å²) in [6.07, 6.45) is 0. The molecule has 0 amide bonds. The van der Waals surface area contributed by atoms with Crippen LogP contribution in [0.3, 0.4) is 0 Å². The van der Waals surface area contributed by atoms with E-state index in [-0.39, 0.29) is 34.8 Å². The maximum absolute atomic E-state index is 12.5. The molecule has 1 aliphatic heterocycles. The molecule has 0 bridgehead atoms. The number of hydrogen-bond acceptors (Lipinski definition) is 8. The summed E-state index contributed by atoms with van der Waals surface area (Å²) in [5, 5.41) is 34.6. The summed E-state index contributed by atoms with van der Waals surface area (Å²) < 4.78 is 4.91. The van der Waals surface area contributed by atoms with E-state index in [4.69, 9.17) is 9.84 Å². The van der Waals surface area contributed by atoms with Gasteiger partial charge in [-0.2, -0.15) is 0 Å². The molecule has 2 rings (SSSR count). The van der Waals surface area contributed by atoms with Gasteiger partial charge in [0, 0.05) is 17.3 Å². The summed E-state index contributed by atoms with van der Waals surface area (Å²) in [6.45, 7) is 2.27. The first-order valence-electron chi connectivity index (χ1n) is 7.63. The molecule has 2 N–H and O–H groups in total. The monoisotopic (exact) mass is 363 g/mol. The van der Waals surface area contributed by atoms with Gasteiger partial charge in [-0.05, 0) is 13.8 Å². The van der Waals surface area contributed by atoms with E-state index in [1.165, 1.54) is 38.1 Å². The molecular weight excluding hydrogens is 346 g/mol. The Morgan fingerprint density at radius 1 is 1.19 bits per heavy atom. The summed E-state index contributed by atoms with van der Waals surface area (Å²) in [5.41, 5.74) is -0.341.